The normalized spacial score (nSPS) is 29.5. The number of nitrogens with zero attached hydrogens (tertiary/aromatic N) is 1. The maximum atomic E-state index is 12.9. The molecule has 1 aromatic rings. The molecule has 4 rings (SSSR count). The van der Waals surface area contributed by atoms with Gasteiger partial charge in [0.05, 0.1) is 29.4 Å². The summed E-state index contributed by atoms with van der Waals surface area (Å²) in [5.41, 5.74) is -0.905. The maximum Gasteiger partial charge on any atom is 0.255 e. The van der Waals surface area contributed by atoms with E-state index in [1.54, 1.807) is 25.1 Å². The standard InChI is InChI=1S/C21H30N2O5/c1-3-23-9-7-21(8-10-23)14-20(2,25)17(13-28-21)22-19(24)15-5-4-6-16-18(15)27-12-11-26-16/h4-6,17,25H,3,7-14H2,1-2H3,(H,22,24)/t17-,20-/m0/s1. The Bertz CT molecular complexity index is 728. The summed E-state index contributed by atoms with van der Waals surface area (Å²) >= 11 is 0. The number of nitrogens with one attached hydrogen (secondary N) is 1. The summed E-state index contributed by atoms with van der Waals surface area (Å²) in [5, 5.41) is 14.1. The molecule has 0 saturated carbocycles. The molecule has 28 heavy (non-hydrogen) atoms. The smallest absolute Gasteiger partial charge is 0.255 e. The first-order valence-corrected chi connectivity index (χ1v) is 10.2. The first-order valence-electron chi connectivity index (χ1n) is 10.2. The molecular weight excluding hydrogens is 360 g/mol. The van der Waals surface area contributed by atoms with Gasteiger partial charge in [-0.1, -0.05) is 13.0 Å². The van der Waals surface area contributed by atoms with Gasteiger partial charge in [-0.15, -0.1) is 0 Å². The lowest BCUT2D eigenvalue weighted by Gasteiger charge is -2.51. The minimum absolute atomic E-state index is 0.284. The van der Waals surface area contributed by atoms with Gasteiger partial charge in [0.25, 0.3) is 5.91 Å². The van der Waals surface area contributed by atoms with Crippen molar-refractivity contribution in [2.24, 2.45) is 0 Å². The van der Waals surface area contributed by atoms with Crippen molar-refractivity contribution >= 4 is 5.91 Å². The predicted octanol–water partition coefficient (Wildman–Crippen LogP) is 1.58. The molecule has 7 heteroatoms. The Morgan fingerprint density at radius 3 is 2.75 bits per heavy atom. The molecule has 2 atom stereocenters. The van der Waals surface area contributed by atoms with E-state index in [9.17, 15) is 9.90 Å². The van der Waals surface area contributed by atoms with E-state index in [1.807, 2.05) is 0 Å². The van der Waals surface area contributed by atoms with E-state index in [0.29, 0.717) is 43.3 Å². The van der Waals surface area contributed by atoms with E-state index >= 15 is 0 Å². The molecule has 0 aliphatic carbocycles. The van der Waals surface area contributed by atoms with Crippen molar-refractivity contribution < 1.29 is 24.1 Å². The minimum atomic E-state index is -1.03. The number of hydrogen-bond donors (Lipinski definition) is 2. The Morgan fingerprint density at radius 1 is 1.29 bits per heavy atom. The number of hydrogen-bond acceptors (Lipinski definition) is 6. The fourth-order valence-corrected chi connectivity index (χ4v) is 4.55. The summed E-state index contributed by atoms with van der Waals surface area (Å²) in [7, 11) is 0. The summed E-state index contributed by atoms with van der Waals surface area (Å²) in [6.45, 7) is 8.16. The van der Waals surface area contributed by atoms with Crippen molar-refractivity contribution in [3.63, 3.8) is 0 Å². The molecule has 154 valence electrons. The molecule has 2 saturated heterocycles. The molecule has 0 radical (unpaired) electrons. The predicted molar refractivity (Wildman–Crippen MR) is 104 cm³/mol. The number of carbonyl (C=O) groups excluding carboxylic acids is 1. The molecule has 2 N–H and O–H groups in total. The van der Waals surface area contributed by atoms with Crippen LogP contribution < -0.4 is 14.8 Å². The molecule has 3 aliphatic heterocycles. The molecule has 0 bridgehead atoms. The topological polar surface area (TPSA) is 80.3 Å². The third kappa shape index (κ3) is 3.71. The Morgan fingerprint density at radius 2 is 2.04 bits per heavy atom. The molecular formula is C21H30N2O5. The number of piperidine rings is 1. The van der Waals surface area contributed by atoms with E-state index in [1.165, 1.54) is 0 Å². The van der Waals surface area contributed by atoms with E-state index in [2.05, 4.69) is 17.1 Å². The van der Waals surface area contributed by atoms with Crippen LogP contribution in [0.5, 0.6) is 11.5 Å². The number of benzene rings is 1. The molecule has 1 spiro atoms. The van der Waals surface area contributed by atoms with Crippen LogP contribution >= 0.6 is 0 Å². The Hall–Kier alpha value is -1.83. The van der Waals surface area contributed by atoms with Crippen molar-refractivity contribution in [3.8, 4) is 11.5 Å². The number of aliphatic hydroxyl groups is 1. The highest BCUT2D eigenvalue weighted by Gasteiger charge is 2.49. The van der Waals surface area contributed by atoms with Crippen LogP contribution in [0.25, 0.3) is 0 Å². The monoisotopic (exact) mass is 390 g/mol. The van der Waals surface area contributed by atoms with E-state index in [0.717, 1.165) is 32.5 Å². The molecule has 0 unspecified atom stereocenters. The van der Waals surface area contributed by atoms with E-state index < -0.39 is 11.6 Å². The highest BCUT2D eigenvalue weighted by Crippen LogP contribution is 2.40. The van der Waals surface area contributed by atoms with Gasteiger partial charge in [-0.3, -0.25) is 4.79 Å². The molecule has 1 aromatic carbocycles. The minimum Gasteiger partial charge on any atom is -0.486 e. The van der Waals surface area contributed by atoms with Crippen LogP contribution in [0.3, 0.4) is 0 Å². The Kier molecular flexibility index (Phi) is 5.24. The van der Waals surface area contributed by atoms with E-state index in [-0.39, 0.29) is 11.5 Å². The molecule has 3 heterocycles. The SMILES string of the molecule is CCN1CCC2(CC1)C[C@](C)(O)[C@@H](NC(=O)c1cccc3c1OCCO3)CO2. The number of carbonyl (C=O) groups is 1. The van der Waals surface area contributed by atoms with Crippen LogP contribution in [0.2, 0.25) is 0 Å². The van der Waals surface area contributed by atoms with Crippen molar-refractivity contribution in [1.29, 1.82) is 0 Å². The van der Waals surface area contributed by atoms with Crippen LogP contribution in [-0.2, 0) is 4.74 Å². The number of fused-ring (bicyclic) bond motifs is 1. The zero-order valence-electron chi connectivity index (χ0n) is 16.7. The summed E-state index contributed by atoms with van der Waals surface area (Å²) in [4.78, 5) is 15.3. The Labute approximate surface area is 165 Å². The van der Waals surface area contributed by atoms with Crippen LogP contribution in [0, 0.1) is 0 Å². The van der Waals surface area contributed by atoms with Crippen molar-refractivity contribution in [2.45, 2.75) is 50.4 Å². The maximum absolute atomic E-state index is 12.9. The van der Waals surface area contributed by atoms with Crippen LogP contribution in [-0.4, -0.2) is 72.6 Å². The summed E-state index contributed by atoms with van der Waals surface area (Å²) in [6.07, 6.45) is 2.35. The zero-order chi connectivity index (χ0) is 19.8. The van der Waals surface area contributed by atoms with Gasteiger partial charge >= 0.3 is 0 Å². The third-order valence-electron chi connectivity index (χ3n) is 6.32. The number of ether oxygens (including phenoxy) is 3. The lowest BCUT2D eigenvalue weighted by atomic mass is 9.75. The first kappa shape index (κ1) is 19.5. The lowest BCUT2D eigenvalue weighted by molar-refractivity contribution is -0.185. The summed E-state index contributed by atoms with van der Waals surface area (Å²) in [6, 6.07) is 4.80. The molecule has 2 fully saturated rings. The van der Waals surface area contributed by atoms with Gasteiger partial charge in [-0.05, 0) is 38.4 Å². The highest BCUT2D eigenvalue weighted by molar-refractivity contribution is 5.98. The van der Waals surface area contributed by atoms with Crippen molar-refractivity contribution in [1.82, 2.24) is 10.2 Å². The van der Waals surface area contributed by atoms with Crippen LogP contribution in [0.15, 0.2) is 18.2 Å². The fourth-order valence-electron chi connectivity index (χ4n) is 4.55. The second kappa shape index (κ2) is 7.54. The molecule has 0 aromatic heterocycles. The first-order chi connectivity index (χ1) is 13.4. The summed E-state index contributed by atoms with van der Waals surface area (Å²) in [5.74, 6) is 0.756. The van der Waals surface area contributed by atoms with E-state index in [4.69, 9.17) is 14.2 Å². The number of rotatable bonds is 3. The lowest BCUT2D eigenvalue weighted by Crippen LogP contribution is -2.63. The van der Waals surface area contributed by atoms with Crippen LogP contribution in [0.4, 0.5) is 0 Å². The van der Waals surface area contributed by atoms with Gasteiger partial charge in [0.15, 0.2) is 11.5 Å². The quantitative estimate of drug-likeness (QED) is 0.816. The van der Waals surface area contributed by atoms with Gasteiger partial charge in [0.1, 0.15) is 13.2 Å². The second-order valence-electron chi connectivity index (χ2n) is 8.32. The molecule has 7 nitrogen and oxygen atoms in total. The highest BCUT2D eigenvalue weighted by atomic mass is 16.6. The molecule has 1 amide bonds. The van der Waals surface area contributed by atoms with Gasteiger partial charge in [0, 0.05) is 19.5 Å². The van der Waals surface area contributed by atoms with Crippen LogP contribution in [0.1, 0.15) is 43.5 Å². The van der Waals surface area contributed by atoms with Gasteiger partial charge in [-0.2, -0.15) is 0 Å². The van der Waals surface area contributed by atoms with Gasteiger partial charge < -0.3 is 29.5 Å². The summed E-state index contributed by atoms with van der Waals surface area (Å²) < 4.78 is 17.4. The van der Waals surface area contributed by atoms with Crippen molar-refractivity contribution in [2.75, 3.05) is 39.5 Å². The molecule has 3 aliphatic rings. The number of amides is 1. The third-order valence-corrected chi connectivity index (χ3v) is 6.32. The second-order valence-corrected chi connectivity index (χ2v) is 8.32. The number of likely N-dealkylation sites (tertiary alicyclic amines) is 1. The van der Waals surface area contributed by atoms with Crippen molar-refractivity contribution in [3.05, 3.63) is 23.8 Å². The fraction of sp³-hybridized carbons (Fsp3) is 0.667. The van der Waals surface area contributed by atoms with Gasteiger partial charge in [0.2, 0.25) is 0 Å². The van der Waals surface area contributed by atoms with Gasteiger partial charge in [-0.25, -0.2) is 0 Å². The number of para-hydroxylation sites is 1. The Balaban J connectivity index is 1.44. The average Bonchev–Trinajstić information content (AvgIpc) is 2.70. The largest absolute Gasteiger partial charge is 0.486 e. The average molecular weight is 390 g/mol. The zero-order valence-corrected chi connectivity index (χ0v) is 16.7.